The van der Waals surface area contributed by atoms with Crippen LogP contribution in [0.25, 0.3) is 5.52 Å². The Hall–Kier alpha value is -1.47. The maximum Gasteiger partial charge on any atom is 0.136 e. The molecule has 2 N–H and O–H groups in total. The van der Waals surface area contributed by atoms with Gasteiger partial charge in [-0.05, 0) is 62.2 Å². The van der Waals surface area contributed by atoms with Crippen LogP contribution in [0, 0.1) is 24.7 Å². The Bertz CT molecular complexity index is 833. The second-order valence-electron chi connectivity index (χ2n) is 8.45. The highest BCUT2D eigenvalue weighted by Crippen LogP contribution is 2.56. The molecule has 138 valence electrons. The number of hydrogen-bond acceptors (Lipinski definition) is 5. The van der Waals surface area contributed by atoms with Crippen molar-refractivity contribution >= 4 is 5.52 Å². The number of epoxide rings is 1. The van der Waals surface area contributed by atoms with E-state index in [4.69, 9.17) is 14.5 Å². The lowest BCUT2D eigenvalue weighted by molar-refractivity contribution is 0.0272. The van der Waals surface area contributed by atoms with E-state index in [1.807, 2.05) is 6.20 Å². The first-order valence-corrected chi connectivity index (χ1v) is 9.92. The molecule has 4 aliphatic rings. The minimum atomic E-state index is -0.167. The number of piperidine rings is 1. The fourth-order valence-electron chi connectivity index (χ4n) is 5.43. The van der Waals surface area contributed by atoms with Crippen LogP contribution in [0.2, 0.25) is 0 Å². The van der Waals surface area contributed by atoms with Gasteiger partial charge in [0.05, 0.1) is 17.3 Å². The first-order chi connectivity index (χ1) is 12.8. The van der Waals surface area contributed by atoms with Gasteiger partial charge >= 0.3 is 0 Å². The zero-order valence-electron chi connectivity index (χ0n) is 15.1. The van der Waals surface area contributed by atoms with Gasteiger partial charge in [0.1, 0.15) is 18.2 Å². The summed E-state index contributed by atoms with van der Waals surface area (Å²) in [7, 11) is 0. The highest BCUT2D eigenvalue weighted by Gasteiger charge is 2.64. The minimum Gasteiger partial charge on any atom is -0.381 e. The first-order valence-electron chi connectivity index (χ1n) is 9.92. The Morgan fingerprint density at radius 3 is 2.88 bits per heavy atom. The molecule has 2 aromatic rings. The molecule has 3 saturated heterocycles. The van der Waals surface area contributed by atoms with Gasteiger partial charge < -0.3 is 19.2 Å². The third-order valence-corrected chi connectivity index (χ3v) is 7.04. The molecule has 3 aliphatic heterocycles. The number of aromatic nitrogens is 2. The Morgan fingerprint density at radius 1 is 1.27 bits per heavy atom. The topological polar surface area (TPSA) is 63.1 Å². The van der Waals surface area contributed by atoms with Crippen LogP contribution < -0.4 is 10.6 Å². The number of pyridine rings is 1. The van der Waals surface area contributed by atoms with Crippen LogP contribution in [0.1, 0.15) is 24.2 Å². The van der Waals surface area contributed by atoms with Crippen LogP contribution in [-0.2, 0) is 15.0 Å². The van der Waals surface area contributed by atoms with Gasteiger partial charge in [0.25, 0.3) is 0 Å². The van der Waals surface area contributed by atoms with Gasteiger partial charge in [0, 0.05) is 19.4 Å². The SMILES string of the molecule is Cc1cccn2c(C3(NC4OC4[C@H]4[C@@H]5CNC[C@@H]54)CCOCC3)ncc12. The lowest BCUT2D eigenvalue weighted by Crippen LogP contribution is -2.50. The summed E-state index contributed by atoms with van der Waals surface area (Å²) in [6.45, 7) is 6.02. The molecule has 2 aromatic heterocycles. The number of aryl methyl sites for hydroxylation is 1. The normalized spacial score (nSPS) is 37.7. The highest BCUT2D eigenvalue weighted by atomic mass is 16.6. The lowest BCUT2D eigenvalue weighted by atomic mass is 9.88. The third-order valence-electron chi connectivity index (χ3n) is 7.04. The molecule has 6 heteroatoms. The van der Waals surface area contributed by atoms with Gasteiger partial charge in [-0.2, -0.15) is 0 Å². The van der Waals surface area contributed by atoms with E-state index >= 15 is 0 Å². The molecule has 6 nitrogen and oxygen atoms in total. The highest BCUT2D eigenvalue weighted by molar-refractivity contribution is 5.54. The van der Waals surface area contributed by atoms with Crippen molar-refractivity contribution in [2.45, 2.75) is 37.6 Å². The van der Waals surface area contributed by atoms with E-state index in [9.17, 15) is 0 Å². The van der Waals surface area contributed by atoms with Gasteiger partial charge in [0.15, 0.2) is 0 Å². The van der Waals surface area contributed by atoms with Gasteiger partial charge in [-0.1, -0.05) is 6.07 Å². The third kappa shape index (κ3) is 2.22. The summed E-state index contributed by atoms with van der Waals surface area (Å²) < 4.78 is 14.1. The summed E-state index contributed by atoms with van der Waals surface area (Å²) in [5.41, 5.74) is 2.28. The van der Waals surface area contributed by atoms with Crippen molar-refractivity contribution in [3.05, 3.63) is 35.9 Å². The summed E-state index contributed by atoms with van der Waals surface area (Å²) in [6, 6.07) is 4.25. The van der Waals surface area contributed by atoms with E-state index < -0.39 is 0 Å². The van der Waals surface area contributed by atoms with Crippen molar-refractivity contribution in [1.82, 2.24) is 20.0 Å². The number of imidazole rings is 1. The van der Waals surface area contributed by atoms with Crippen molar-refractivity contribution in [2.75, 3.05) is 26.3 Å². The monoisotopic (exact) mass is 354 g/mol. The van der Waals surface area contributed by atoms with Crippen LogP contribution in [0.15, 0.2) is 24.5 Å². The molecule has 0 amide bonds. The van der Waals surface area contributed by atoms with E-state index in [0.717, 1.165) is 49.6 Å². The zero-order chi connectivity index (χ0) is 17.3. The molecule has 1 aliphatic carbocycles. The average Bonchev–Trinajstić information content (AvgIpc) is 3.40. The standard InChI is InChI=1S/C20H26N4O2/c1-12-3-2-6-24-15(12)11-22-19(24)20(4-7-25-8-5-20)23-18-17(26-18)16-13-9-21-10-14(13)16/h2-3,6,11,13-14,16-18,21,23H,4-5,7-10H2,1H3/t13-,14+,16+,17?,18?. The molecule has 26 heavy (non-hydrogen) atoms. The van der Waals surface area contributed by atoms with Crippen molar-refractivity contribution in [2.24, 2.45) is 17.8 Å². The van der Waals surface area contributed by atoms with Crippen LogP contribution in [0.4, 0.5) is 0 Å². The van der Waals surface area contributed by atoms with Gasteiger partial charge in [-0.3, -0.25) is 5.32 Å². The summed E-state index contributed by atoms with van der Waals surface area (Å²) in [4.78, 5) is 4.85. The Morgan fingerprint density at radius 2 is 2.08 bits per heavy atom. The number of nitrogens with zero attached hydrogens (tertiary/aromatic N) is 2. The van der Waals surface area contributed by atoms with E-state index in [1.54, 1.807) is 0 Å². The predicted molar refractivity (Wildman–Crippen MR) is 96.8 cm³/mol. The van der Waals surface area contributed by atoms with Crippen LogP contribution in [0.5, 0.6) is 0 Å². The number of hydrogen-bond donors (Lipinski definition) is 2. The molecule has 4 fully saturated rings. The predicted octanol–water partition coefficient (Wildman–Crippen LogP) is 1.43. The average molecular weight is 354 g/mol. The molecule has 0 spiro atoms. The Kier molecular flexibility index (Phi) is 3.30. The van der Waals surface area contributed by atoms with Crippen molar-refractivity contribution < 1.29 is 9.47 Å². The minimum absolute atomic E-state index is 0.167. The van der Waals surface area contributed by atoms with Crippen molar-refractivity contribution in [3.8, 4) is 0 Å². The van der Waals surface area contributed by atoms with Crippen LogP contribution >= 0.6 is 0 Å². The fourth-order valence-corrected chi connectivity index (χ4v) is 5.43. The lowest BCUT2D eigenvalue weighted by Gasteiger charge is -2.36. The summed E-state index contributed by atoms with van der Waals surface area (Å²) in [5, 5.41) is 7.36. The van der Waals surface area contributed by atoms with E-state index in [-0.39, 0.29) is 11.8 Å². The van der Waals surface area contributed by atoms with E-state index in [2.05, 4.69) is 40.3 Å². The first kappa shape index (κ1) is 15.6. The number of nitrogens with one attached hydrogen (secondary N) is 2. The molecule has 1 saturated carbocycles. The Balaban J connectivity index is 1.30. The van der Waals surface area contributed by atoms with Crippen molar-refractivity contribution in [3.63, 3.8) is 0 Å². The van der Waals surface area contributed by atoms with E-state index in [1.165, 1.54) is 24.2 Å². The number of rotatable bonds is 4. The Labute approximate surface area is 153 Å². The van der Waals surface area contributed by atoms with E-state index in [0.29, 0.717) is 6.10 Å². The molecular weight excluding hydrogens is 328 g/mol. The molecule has 0 radical (unpaired) electrons. The molecule has 5 atom stereocenters. The molecule has 6 rings (SSSR count). The van der Waals surface area contributed by atoms with Crippen LogP contribution in [0.3, 0.4) is 0 Å². The molecule has 2 unspecified atom stereocenters. The smallest absolute Gasteiger partial charge is 0.136 e. The number of ether oxygens (including phenoxy) is 2. The summed E-state index contributed by atoms with van der Waals surface area (Å²) >= 11 is 0. The fraction of sp³-hybridized carbons (Fsp3) is 0.650. The summed E-state index contributed by atoms with van der Waals surface area (Å²) in [5.74, 6) is 3.54. The van der Waals surface area contributed by atoms with Crippen LogP contribution in [-0.4, -0.2) is 48.0 Å². The van der Waals surface area contributed by atoms with Gasteiger partial charge in [-0.15, -0.1) is 0 Å². The van der Waals surface area contributed by atoms with Gasteiger partial charge in [-0.25, -0.2) is 4.98 Å². The quantitative estimate of drug-likeness (QED) is 0.814. The maximum absolute atomic E-state index is 6.12. The molecule has 0 bridgehead atoms. The molecule has 0 aromatic carbocycles. The number of fused-ring (bicyclic) bond motifs is 2. The largest absolute Gasteiger partial charge is 0.381 e. The summed E-state index contributed by atoms with van der Waals surface area (Å²) in [6.07, 6.45) is 6.57. The maximum atomic E-state index is 6.12. The second kappa shape index (κ2) is 5.52. The second-order valence-corrected chi connectivity index (χ2v) is 8.45. The molecular formula is C20H26N4O2. The zero-order valence-corrected chi connectivity index (χ0v) is 15.1. The van der Waals surface area contributed by atoms with Crippen molar-refractivity contribution in [1.29, 1.82) is 0 Å². The molecule has 5 heterocycles. The van der Waals surface area contributed by atoms with Gasteiger partial charge in [0.2, 0.25) is 0 Å².